The second kappa shape index (κ2) is 14.5. The number of fused-ring (bicyclic) bond motifs is 9. The lowest BCUT2D eigenvalue weighted by atomic mass is 9.65. The van der Waals surface area contributed by atoms with Crippen LogP contribution in [0, 0.1) is 0 Å². The Morgan fingerprint density at radius 3 is 1.37 bits per heavy atom. The third-order valence-corrected chi connectivity index (χ3v) is 12.6. The maximum absolute atomic E-state index is 7.04. The minimum Gasteiger partial charge on any atom is -0.456 e. The van der Waals surface area contributed by atoms with Crippen LogP contribution in [0.1, 0.15) is 22.3 Å². The van der Waals surface area contributed by atoms with Crippen molar-refractivity contribution in [2.24, 2.45) is 0 Å². The fourth-order valence-corrected chi connectivity index (χ4v) is 9.73. The average molecular weight is 791 g/mol. The van der Waals surface area contributed by atoms with E-state index in [0.29, 0.717) is 5.82 Å². The molecule has 0 radical (unpaired) electrons. The molecule has 0 atom stereocenters. The van der Waals surface area contributed by atoms with Crippen molar-refractivity contribution in [3.63, 3.8) is 0 Å². The van der Waals surface area contributed by atoms with Crippen molar-refractivity contribution < 1.29 is 4.74 Å². The van der Waals surface area contributed by atoms with Crippen molar-refractivity contribution in [1.82, 2.24) is 9.97 Å². The Hall–Kier alpha value is -8.14. The van der Waals surface area contributed by atoms with E-state index in [0.717, 1.165) is 73.0 Å². The zero-order chi connectivity index (χ0) is 41.0. The van der Waals surface area contributed by atoms with E-state index in [1.165, 1.54) is 33.4 Å². The minimum absolute atomic E-state index is 0.534. The Morgan fingerprint density at radius 1 is 0.290 bits per heavy atom. The smallest absolute Gasteiger partial charge is 0.160 e. The molecular weight excluding hydrogens is 753 g/mol. The molecule has 62 heavy (non-hydrogen) atoms. The Morgan fingerprint density at radius 2 is 0.726 bits per heavy atom. The molecule has 290 valence electrons. The van der Waals surface area contributed by atoms with Crippen LogP contribution < -0.4 is 4.74 Å². The third kappa shape index (κ3) is 5.74. The van der Waals surface area contributed by atoms with E-state index in [1.54, 1.807) is 0 Å². The van der Waals surface area contributed by atoms with E-state index in [9.17, 15) is 0 Å². The monoisotopic (exact) mass is 790 g/mol. The molecule has 0 bridgehead atoms. The number of benzene rings is 9. The molecule has 0 unspecified atom stereocenters. The van der Waals surface area contributed by atoms with Gasteiger partial charge >= 0.3 is 0 Å². The summed E-state index contributed by atoms with van der Waals surface area (Å²) in [5.41, 5.74) is 18.3. The number of aromatic nitrogens is 2. The summed E-state index contributed by atoms with van der Waals surface area (Å²) in [5, 5.41) is 0. The number of ether oxygens (including phenoxy) is 1. The van der Waals surface area contributed by atoms with Crippen LogP contribution in [-0.2, 0) is 5.41 Å². The number of nitrogens with zero attached hydrogens (tertiary/aromatic N) is 2. The van der Waals surface area contributed by atoms with Gasteiger partial charge in [-0.15, -0.1) is 0 Å². The average Bonchev–Trinajstić information content (AvgIpc) is 3.65. The van der Waals surface area contributed by atoms with E-state index in [-0.39, 0.29) is 0 Å². The Bertz CT molecular complexity index is 3150. The summed E-state index contributed by atoms with van der Waals surface area (Å²) in [6, 6.07) is 81.9. The molecule has 3 heteroatoms. The maximum Gasteiger partial charge on any atom is 0.160 e. The highest BCUT2D eigenvalue weighted by Gasteiger charge is 2.51. The fraction of sp³-hybridized carbons (Fsp3) is 0.0169. The molecule has 1 aliphatic carbocycles. The lowest BCUT2D eigenvalue weighted by Gasteiger charge is -2.40. The van der Waals surface area contributed by atoms with E-state index in [2.05, 4.69) is 218 Å². The predicted octanol–water partition coefficient (Wildman–Crippen LogP) is 14.9. The first-order valence-corrected chi connectivity index (χ1v) is 21.1. The summed E-state index contributed by atoms with van der Waals surface area (Å²) < 4.78 is 7.04. The zero-order valence-corrected chi connectivity index (χ0v) is 33.7. The van der Waals surface area contributed by atoms with Crippen LogP contribution in [0.3, 0.4) is 0 Å². The highest BCUT2D eigenvalue weighted by Crippen LogP contribution is 2.63. The topological polar surface area (TPSA) is 35.0 Å². The van der Waals surface area contributed by atoms with Crippen molar-refractivity contribution >= 4 is 0 Å². The quantitative estimate of drug-likeness (QED) is 0.168. The van der Waals surface area contributed by atoms with E-state index in [4.69, 9.17) is 14.7 Å². The van der Waals surface area contributed by atoms with Crippen LogP contribution in [0.25, 0.3) is 78.4 Å². The van der Waals surface area contributed by atoms with Gasteiger partial charge in [0.25, 0.3) is 0 Å². The highest BCUT2D eigenvalue weighted by atomic mass is 16.5. The second-order valence-electron chi connectivity index (χ2n) is 16.1. The Labute approximate surface area is 361 Å². The largest absolute Gasteiger partial charge is 0.456 e. The molecule has 0 fully saturated rings. The van der Waals surface area contributed by atoms with Crippen LogP contribution in [0.4, 0.5) is 0 Å². The van der Waals surface area contributed by atoms with E-state index >= 15 is 0 Å². The Kier molecular flexibility index (Phi) is 8.39. The lowest BCUT2D eigenvalue weighted by molar-refractivity contribution is 0.438. The summed E-state index contributed by atoms with van der Waals surface area (Å²) in [5.74, 6) is 2.42. The first-order chi connectivity index (χ1) is 30.7. The second-order valence-corrected chi connectivity index (χ2v) is 16.1. The normalized spacial score (nSPS) is 12.8. The van der Waals surface area contributed by atoms with Gasteiger partial charge in [0.1, 0.15) is 11.5 Å². The molecular formula is C59H38N2O. The predicted molar refractivity (Wildman–Crippen MR) is 252 cm³/mol. The van der Waals surface area contributed by atoms with Crippen molar-refractivity contribution in [2.45, 2.75) is 5.41 Å². The van der Waals surface area contributed by atoms with Gasteiger partial charge in [0.2, 0.25) is 0 Å². The first kappa shape index (κ1) is 35.8. The number of rotatable bonds is 6. The highest BCUT2D eigenvalue weighted by molar-refractivity contribution is 5.91. The van der Waals surface area contributed by atoms with E-state index in [1.807, 2.05) is 12.1 Å². The molecule has 12 rings (SSSR count). The van der Waals surface area contributed by atoms with Crippen LogP contribution in [0.2, 0.25) is 0 Å². The molecule has 0 saturated heterocycles. The molecule has 0 N–H and O–H groups in total. The van der Waals surface area contributed by atoms with Crippen LogP contribution in [-0.4, -0.2) is 9.97 Å². The van der Waals surface area contributed by atoms with Crippen LogP contribution in [0.15, 0.2) is 231 Å². The summed E-state index contributed by atoms with van der Waals surface area (Å²) in [6.07, 6.45) is 0. The molecule has 0 amide bonds. The van der Waals surface area contributed by atoms with Gasteiger partial charge in [-0.2, -0.15) is 0 Å². The van der Waals surface area contributed by atoms with Gasteiger partial charge < -0.3 is 4.74 Å². The van der Waals surface area contributed by atoms with Gasteiger partial charge in [0, 0.05) is 33.4 Å². The van der Waals surface area contributed by atoms with Gasteiger partial charge in [-0.25, -0.2) is 9.97 Å². The van der Waals surface area contributed by atoms with Gasteiger partial charge in [0.15, 0.2) is 5.82 Å². The molecule has 1 aliphatic heterocycles. The van der Waals surface area contributed by atoms with Crippen molar-refractivity contribution in [3.8, 4) is 89.9 Å². The third-order valence-electron chi connectivity index (χ3n) is 12.6. The van der Waals surface area contributed by atoms with Crippen molar-refractivity contribution in [1.29, 1.82) is 0 Å². The van der Waals surface area contributed by atoms with Gasteiger partial charge in [-0.1, -0.05) is 212 Å². The molecule has 2 aliphatic rings. The van der Waals surface area contributed by atoms with Crippen molar-refractivity contribution in [3.05, 3.63) is 253 Å². The molecule has 0 saturated carbocycles. The number of para-hydroxylation sites is 2. The molecule has 1 spiro atoms. The van der Waals surface area contributed by atoms with Crippen LogP contribution in [0.5, 0.6) is 11.5 Å². The van der Waals surface area contributed by atoms with Gasteiger partial charge in [-0.3, -0.25) is 0 Å². The molecule has 10 aromatic rings. The standard InChI is InChI=1S/C59H38N2O/c1-3-15-39(16-4-1)41-29-33-43(34-30-41)54-38-55(61-58(60-54)44-35-31-42(32-36-44)40-17-5-2-6-18-40)46-20-13-19-45(37-46)47-23-14-27-53-57(47)62-56-28-12-11-26-52(56)59(53)50-24-9-7-21-48(50)49-22-8-10-25-51(49)59/h1-38H. The summed E-state index contributed by atoms with van der Waals surface area (Å²) >= 11 is 0. The molecule has 2 heterocycles. The van der Waals surface area contributed by atoms with Gasteiger partial charge in [-0.05, 0) is 68.3 Å². The lowest BCUT2D eigenvalue weighted by Crippen LogP contribution is -2.32. The SMILES string of the molecule is c1ccc(-c2ccc(-c3cc(-c4cccc(-c5cccc6c5Oc5ccccc5C65c6ccccc6-c6ccccc65)c4)nc(-c4ccc(-c5ccccc5)cc4)n3)cc2)cc1. The van der Waals surface area contributed by atoms with Crippen molar-refractivity contribution in [2.75, 3.05) is 0 Å². The summed E-state index contributed by atoms with van der Waals surface area (Å²) in [6.45, 7) is 0. The summed E-state index contributed by atoms with van der Waals surface area (Å²) in [7, 11) is 0. The fourth-order valence-electron chi connectivity index (χ4n) is 9.73. The molecule has 1 aromatic heterocycles. The maximum atomic E-state index is 7.04. The van der Waals surface area contributed by atoms with Crippen LogP contribution >= 0.6 is 0 Å². The molecule has 3 nitrogen and oxygen atoms in total. The summed E-state index contributed by atoms with van der Waals surface area (Å²) in [4.78, 5) is 10.5. The number of hydrogen-bond acceptors (Lipinski definition) is 3. The Balaban J connectivity index is 1.00. The number of hydrogen-bond donors (Lipinski definition) is 0. The minimum atomic E-state index is -0.534. The molecule has 9 aromatic carbocycles. The van der Waals surface area contributed by atoms with Gasteiger partial charge in [0.05, 0.1) is 16.8 Å². The zero-order valence-electron chi connectivity index (χ0n) is 33.7. The first-order valence-electron chi connectivity index (χ1n) is 21.1. The van der Waals surface area contributed by atoms with E-state index < -0.39 is 5.41 Å².